The molecule has 0 radical (unpaired) electrons. The third-order valence-corrected chi connectivity index (χ3v) is 4.83. The molecule has 0 bridgehead atoms. The molecule has 2 unspecified atom stereocenters. The number of aryl methyl sites for hydroxylation is 1. The SMILES string of the molecule is Cc1[nH]c2ccccc2c1CN1C(C)CCCC1CN. The summed E-state index contributed by atoms with van der Waals surface area (Å²) in [5.74, 6) is 0. The van der Waals surface area contributed by atoms with Crippen molar-refractivity contribution in [3.8, 4) is 0 Å². The van der Waals surface area contributed by atoms with Crippen molar-refractivity contribution in [2.24, 2.45) is 5.73 Å². The summed E-state index contributed by atoms with van der Waals surface area (Å²) in [6, 6.07) is 9.76. The summed E-state index contributed by atoms with van der Waals surface area (Å²) < 4.78 is 0. The lowest BCUT2D eigenvalue weighted by molar-refractivity contribution is 0.0895. The molecule has 0 saturated carbocycles. The fraction of sp³-hybridized carbons (Fsp3) is 0.529. The van der Waals surface area contributed by atoms with Crippen molar-refractivity contribution in [3.05, 3.63) is 35.5 Å². The van der Waals surface area contributed by atoms with E-state index < -0.39 is 0 Å². The van der Waals surface area contributed by atoms with Gasteiger partial charge in [0.15, 0.2) is 0 Å². The van der Waals surface area contributed by atoms with Crippen LogP contribution in [0.4, 0.5) is 0 Å². The minimum absolute atomic E-state index is 0.534. The van der Waals surface area contributed by atoms with Crippen LogP contribution in [-0.4, -0.2) is 28.5 Å². The standard InChI is InChI=1S/C17H25N3/c1-12-6-5-7-14(10-18)20(12)11-16-13(2)19-17-9-4-3-8-15(16)17/h3-4,8-9,12,14,19H,5-7,10-11,18H2,1-2H3. The van der Waals surface area contributed by atoms with Gasteiger partial charge in [0.1, 0.15) is 0 Å². The molecule has 2 aromatic rings. The first kappa shape index (κ1) is 13.7. The normalized spacial score (nSPS) is 24.4. The van der Waals surface area contributed by atoms with Crippen molar-refractivity contribution in [2.45, 2.75) is 51.7 Å². The maximum Gasteiger partial charge on any atom is 0.0459 e. The van der Waals surface area contributed by atoms with E-state index in [0.29, 0.717) is 12.1 Å². The maximum atomic E-state index is 5.99. The van der Waals surface area contributed by atoms with Gasteiger partial charge in [-0.3, -0.25) is 4.90 Å². The summed E-state index contributed by atoms with van der Waals surface area (Å²) in [6.45, 7) is 6.30. The smallest absolute Gasteiger partial charge is 0.0459 e. The van der Waals surface area contributed by atoms with Gasteiger partial charge >= 0.3 is 0 Å². The summed E-state index contributed by atoms with van der Waals surface area (Å²) >= 11 is 0. The highest BCUT2D eigenvalue weighted by atomic mass is 15.2. The zero-order valence-electron chi connectivity index (χ0n) is 12.5. The molecule has 0 amide bonds. The number of H-pyrrole nitrogens is 1. The number of aromatic amines is 1. The van der Waals surface area contributed by atoms with Gasteiger partial charge < -0.3 is 10.7 Å². The molecule has 0 spiro atoms. The van der Waals surface area contributed by atoms with Crippen LogP contribution in [0.15, 0.2) is 24.3 Å². The Morgan fingerprint density at radius 3 is 2.90 bits per heavy atom. The van der Waals surface area contributed by atoms with E-state index in [2.05, 4.69) is 48.0 Å². The van der Waals surface area contributed by atoms with E-state index in [9.17, 15) is 0 Å². The molecule has 3 N–H and O–H groups in total. The lowest BCUT2D eigenvalue weighted by Crippen LogP contribution is -2.48. The number of piperidine rings is 1. The van der Waals surface area contributed by atoms with Gasteiger partial charge in [-0.25, -0.2) is 0 Å². The number of likely N-dealkylation sites (tertiary alicyclic amines) is 1. The minimum Gasteiger partial charge on any atom is -0.358 e. The molecule has 1 saturated heterocycles. The van der Waals surface area contributed by atoms with Crippen molar-refractivity contribution in [3.63, 3.8) is 0 Å². The Morgan fingerprint density at radius 1 is 1.30 bits per heavy atom. The first-order valence-corrected chi connectivity index (χ1v) is 7.72. The predicted molar refractivity (Wildman–Crippen MR) is 84.7 cm³/mol. The summed E-state index contributed by atoms with van der Waals surface area (Å²) in [7, 11) is 0. The zero-order chi connectivity index (χ0) is 14.1. The number of nitrogens with zero attached hydrogens (tertiary/aromatic N) is 1. The van der Waals surface area contributed by atoms with E-state index in [4.69, 9.17) is 5.73 Å². The average Bonchev–Trinajstić information content (AvgIpc) is 2.77. The van der Waals surface area contributed by atoms with Crippen LogP contribution < -0.4 is 5.73 Å². The summed E-state index contributed by atoms with van der Waals surface area (Å²) in [5, 5.41) is 1.36. The number of nitrogens with one attached hydrogen (secondary N) is 1. The zero-order valence-corrected chi connectivity index (χ0v) is 12.5. The lowest BCUT2D eigenvalue weighted by Gasteiger charge is -2.40. The largest absolute Gasteiger partial charge is 0.358 e. The molecular formula is C17H25N3. The molecule has 3 heteroatoms. The van der Waals surface area contributed by atoms with E-state index in [1.165, 1.54) is 41.4 Å². The molecule has 3 rings (SSSR count). The van der Waals surface area contributed by atoms with Gasteiger partial charge in [-0.1, -0.05) is 24.6 Å². The third kappa shape index (κ3) is 2.36. The third-order valence-electron chi connectivity index (χ3n) is 4.83. The molecule has 1 fully saturated rings. The Balaban J connectivity index is 1.93. The number of para-hydroxylation sites is 1. The van der Waals surface area contributed by atoms with Crippen molar-refractivity contribution in [2.75, 3.05) is 6.54 Å². The van der Waals surface area contributed by atoms with Gasteiger partial charge in [0.2, 0.25) is 0 Å². The van der Waals surface area contributed by atoms with Gasteiger partial charge in [-0.15, -0.1) is 0 Å². The topological polar surface area (TPSA) is 45.0 Å². The van der Waals surface area contributed by atoms with Crippen molar-refractivity contribution < 1.29 is 0 Å². The molecule has 1 aliphatic rings. The summed E-state index contributed by atoms with van der Waals surface area (Å²) in [4.78, 5) is 6.11. The molecular weight excluding hydrogens is 246 g/mol. The van der Waals surface area contributed by atoms with E-state index in [0.717, 1.165) is 13.1 Å². The van der Waals surface area contributed by atoms with Crippen LogP contribution in [0, 0.1) is 6.92 Å². The number of nitrogens with two attached hydrogens (primary N) is 1. The fourth-order valence-corrected chi connectivity index (χ4v) is 3.60. The monoisotopic (exact) mass is 271 g/mol. The Morgan fingerprint density at radius 2 is 2.10 bits per heavy atom. The van der Waals surface area contributed by atoms with Crippen LogP contribution in [0.2, 0.25) is 0 Å². The molecule has 108 valence electrons. The number of hydrogen-bond acceptors (Lipinski definition) is 2. The number of hydrogen-bond donors (Lipinski definition) is 2. The summed E-state index contributed by atoms with van der Waals surface area (Å²) in [6.07, 6.45) is 3.84. The van der Waals surface area contributed by atoms with E-state index >= 15 is 0 Å². The quantitative estimate of drug-likeness (QED) is 0.900. The second kappa shape index (κ2) is 5.58. The van der Waals surface area contributed by atoms with Crippen LogP contribution in [0.1, 0.15) is 37.4 Å². The van der Waals surface area contributed by atoms with Gasteiger partial charge in [-0.05, 0) is 38.3 Å². The first-order valence-electron chi connectivity index (χ1n) is 7.72. The van der Waals surface area contributed by atoms with Crippen LogP contribution >= 0.6 is 0 Å². The molecule has 3 nitrogen and oxygen atoms in total. The van der Waals surface area contributed by atoms with E-state index in [1.54, 1.807) is 0 Å². The van der Waals surface area contributed by atoms with Crippen molar-refractivity contribution >= 4 is 10.9 Å². The van der Waals surface area contributed by atoms with Gasteiger partial charge in [-0.2, -0.15) is 0 Å². The van der Waals surface area contributed by atoms with E-state index in [-0.39, 0.29) is 0 Å². The number of fused-ring (bicyclic) bond motifs is 1. The fourth-order valence-electron chi connectivity index (χ4n) is 3.60. The molecule has 2 heterocycles. The highest BCUT2D eigenvalue weighted by Gasteiger charge is 2.27. The number of aromatic nitrogens is 1. The average molecular weight is 271 g/mol. The van der Waals surface area contributed by atoms with Crippen LogP contribution in [0.25, 0.3) is 10.9 Å². The minimum atomic E-state index is 0.534. The second-order valence-electron chi connectivity index (χ2n) is 6.12. The first-order chi connectivity index (χ1) is 9.70. The van der Waals surface area contributed by atoms with Gasteiger partial charge in [0, 0.05) is 41.8 Å². The van der Waals surface area contributed by atoms with Crippen LogP contribution in [-0.2, 0) is 6.54 Å². The number of rotatable bonds is 3. The molecule has 1 aromatic carbocycles. The second-order valence-corrected chi connectivity index (χ2v) is 6.12. The Kier molecular flexibility index (Phi) is 3.81. The lowest BCUT2D eigenvalue weighted by atomic mass is 9.95. The van der Waals surface area contributed by atoms with E-state index in [1.807, 2.05) is 0 Å². The summed E-state index contributed by atoms with van der Waals surface area (Å²) in [5.41, 5.74) is 9.96. The maximum absolute atomic E-state index is 5.99. The van der Waals surface area contributed by atoms with Crippen LogP contribution in [0.5, 0.6) is 0 Å². The predicted octanol–water partition coefficient (Wildman–Crippen LogP) is 3.18. The molecule has 2 atom stereocenters. The van der Waals surface area contributed by atoms with Crippen molar-refractivity contribution in [1.29, 1.82) is 0 Å². The Labute approximate surface area is 121 Å². The van der Waals surface area contributed by atoms with Crippen molar-refractivity contribution in [1.82, 2.24) is 9.88 Å². The molecule has 1 aromatic heterocycles. The molecule has 20 heavy (non-hydrogen) atoms. The van der Waals surface area contributed by atoms with Gasteiger partial charge in [0.05, 0.1) is 0 Å². The highest BCUT2D eigenvalue weighted by Crippen LogP contribution is 2.29. The highest BCUT2D eigenvalue weighted by molar-refractivity contribution is 5.84. The Hall–Kier alpha value is -1.32. The number of benzene rings is 1. The van der Waals surface area contributed by atoms with Crippen LogP contribution in [0.3, 0.4) is 0 Å². The molecule has 0 aliphatic carbocycles. The molecule has 1 aliphatic heterocycles. The Bertz CT molecular complexity index is 587. The van der Waals surface area contributed by atoms with Gasteiger partial charge in [0.25, 0.3) is 0 Å².